The van der Waals surface area contributed by atoms with Crippen LogP contribution in [0.4, 0.5) is 0 Å². The third-order valence-corrected chi connectivity index (χ3v) is 5.15. The summed E-state index contributed by atoms with van der Waals surface area (Å²) in [4.78, 5) is 14.9. The van der Waals surface area contributed by atoms with Gasteiger partial charge in [-0.2, -0.15) is 5.26 Å². The Kier molecular flexibility index (Phi) is 5.30. The lowest BCUT2D eigenvalue weighted by Gasteiger charge is -2.33. The van der Waals surface area contributed by atoms with Crippen molar-refractivity contribution in [1.82, 2.24) is 10.2 Å². The van der Waals surface area contributed by atoms with E-state index in [0.29, 0.717) is 11.6 Å². The molecule has 122 valence electrons. The highest BCUT2D eigenvalue weighted by molar-refractivity contribution is 5.79. The molecule has 1 aliphatic carbocycles. The largest absolute Gasteiger partial charge is 0.356 e. The Balaban J connectivity index is 1.78. The summed E-state index contributed by atoms with van der Waals surface area (Å²) in [7, 11) is 0. The standard InChI is InChI=1S/C19H25N3O/c20-13-15-6-4-7-16(12-15)14-22-11-3-1-2-10-21-19(23)17-8-5-9-18(17)22/h4,6-7,12,17-18H,1-3,5,8-11,14H2,(H,21,23)/t17-,18+/m1/s1. The summed E-state index contributed by atoms with van der Waals surface area (Å²) >= 11 is 0. The third-order valence-electron chi connectivity index (χ3n) is 5.15. The minimum atomic E-state index is 0.132. The Morgan fingerprint density at radius 2 is 2.13 bits per heavy atom. The predicted octanol–water partition coefficient (Wildman–Crippen LogP) is 2.83. The van der Waals surface area contributed by atoms with Gasteiger partial charge in [-0.15, -0.1) is 0 Å². The van der Waals surface area contributed by atoms with Gasteiger partial charge in [-0.05, 0) is 49.9 Å². The molecular weight excluding hydrogens is 286 g/mol. The quantitative estimate of drug-likeness (QED) is 0.913. The number of nitrogens with zero attached hydrogens (tertiary/aromatic N) is 2. The molecule has 1 aromatic carbocycles. The van der Waals surface area contributed by atoms with Gasteiger partial charge >= 0.3 is 0 Å². The van der Waals surface area contributed by atoms with Gasteiger partial charge in [-0.3, -0.25) is 9.69 Å². The Morgan fingerprint density at radius 1 is 1.22 bits per heavy atom. The second kappa shape index (κ2) is 7.61. The lowest BCUT2D eigenvalue weighted by atomic mass is 9.98. The van der Waals surface area contributed by atoms with Crippen LogP contribution in [0.15, 0.2) is 24.3 Å². The molecule has 1 aliphatic heterocycles. The van der Waals surface area contributed by atoms with Gasteiger partial charge in [0.2, 0.25) is 5.91 Å². The topological polar surface area (TPSA) is 56.1 Å². The normalized spacial score (nSPS) is 26.1. The highest BCUT2D eigenvalue weighted by Gasteiger charge is 2.36. The molecule has 1 aromatic rings. The molecule has 0 radical (unpaired) electrons. The summed E-state index contributed by atoms with van der Waals surface area (Å²) in [5.41, 5.74) is 1.89. The highest BCUT2D eigenvalue weighted by Crippen LogP contribution is 2.32. The summed E-state index contributed by atoms with van der Waals surface area (Å²) < 4.78 is 0. The van der Waals surface area contributed by atoms with Crippen molar-refractivity contribution in [3.05, 3.63) is 35.4 Å². The molecule has 1 N–H and O–H groups in total. The number of benzene rings is 1. The molecular formula is C19H25N3O. The van der Waals surface area contributed by atoms with Crippen molar-refractivity contribution in [1.29, 1.82) is 5.26 Å². The van der Waals surface area contributed by atoms with Gasteiger partial charge in [-0.25, -0.2) is 0 Å². The fourth-order valence-electron chi connectivity index (χ4n) is 3.98. The van der Waals surface area contributed by atoms with Crippen LogP contribution in [-0.2, 0) is 11.3 Å². The van der Waals surface area contributed by atoms with Crippen LogP contribution in [0.25, 0.3) is 0 Å². The van der Waals surface area contributed by atoms with Crippen LogP contribution in [0.3, 0.4) is 0 Å². The lowest BCUT2D eigenvalue weighted by Crippen LogP contribution is -2.45. The fourth-order valence-corrected chi connectivity index (χ4v) is 3.98. The molecule has 2 atom stereocenters. The van der Waals surface area contributed by atoms with E-state index in [-0.39, 0.29) is 11.8 Å². The van der Waals surface area contributed by atoms with Crippen LogP contribution in [0, 0.1) is 17.2 Å². The van der Waals surface area contributed by atoms with Crippen molar-refractivity contribution in [3.63, 3.8) is 0 Å². The molecule has 1 amide bonds. The Bertz CT molecular complexity index is 593. The molecule has 23 heavy (non-hydrogen) atoms. The number of carbonyl (C=O) groups is 1. The van der Waals surface area contributed by atoms with E-state index in [1.807, 2.05) is 18.2 Å². The molecule has 0 spiro atoms. The van der Waals surface area contributed by atoms with E-state index in [2.05, 4.69) is 22.4 Å². The van der Waals surface area contributed by atoms with Crippen molar-refractivity contribution < 1.29 is 4.79 Å². The van der Waals surface area contributed by atoms with Gasteiger partial charge in [0.25, 0.3) is 0 Å². The summed E-state index contributed by atoms with van der Waals surface area (Å²) in [6.07, 6.45) is 6.66. The van der Waals surface area contributed by atoms with Crippen molar-refractivity contribution in [2.75, 3.05) is 13.1 Å². The maximum absolute atomic E-state index is 12.4. The Labute approximate surface area is 138 Å². The van der Waals surface area contributed by atoms with Crippen molar-refractivity contribution in [2.45, 2.75) is 51.1 Å². The maximum Gasteiger partial charge on any atom is 0.224 e. The molecule has 4 nitrogen and oxygen atoms in total. The average Bonchev–Trinajstić information content (AvgIpc) is 3.06. The molecule has 3 rings (SSSR count). The fraction of sp³-hybridized carbons (Fsp3) is 0.579. The predicted molar refractivity (Wildman–Crippen MR) is 89.6 cm³/mol. The van der Waals surface area contributed by atoms with Gasteiger partial charge in [-0.1, -0.05) is 25.0 Å². The Hall–Kier alpha value is -1.86. The van der Waals surface area contributed by atoms with Crippen molar-refractivity contribution in [3.8, 4) is 6.07 Å². The van der Waals surface area contributed by atoms with E-state index in [9.17, 15) is 4.79 Å². The molecule has 0 unspecified atom stereocenters. The Morgan fingerprint density at radius 3 is 3.00 bits per heavy atom. The molecule has 2 fully saturated rings. The van der Waals surface area contributed by atoms with E-state index in [1.165, 1.54) is 12.0 Å². The molecule has 1 saturated heterocycles. The van der Waals surface area contributed by atoms with Crippen molar-refractivity contribution in [2.24, 2.45) is 5.92 Å². The third kappa shape index (κ3) is 3.92. The number of carbonyl (C=O) groups excluding carboxylic acids is 1. The zero-order chi connectivity index (χ0) is 16.1. The first-order chi connectivity index (χ1) is 11.3. The van der Waals surface area contributed by atoms with Gasteiger partial charge < -0.3 is 5.32 Å². The van der Waals surface area contributed by atoms with Crippen LogP contribution in [0.5, 0.6) is 0 Å². The van der Waals surface area contributed by atoms with E-state index >= 15 is 0 Å². The first-order valence-electron chi connectivity index (χ1n) is 8.79. The minimum Gasteiger partial charge on any atom is -0.356 e. The smallest absolute Gasteiger partial charge is 0.224 e. The first-order valence-corrected chi connectivity index (χ1v) is 8.79. The summed E-state index contributed by atoms with van der Waals surface area (Å²) in [5, 5.41) is 12.2. The van der Waals surface area contributed by atoms with Gasteiger partial charge in [0, 0.05) is 19.1 Å². The summed E-state index contributed by atoms with van der Waals surface area (Å²) in [6, 6.07) is 10.4. The second-order valence-electron chi connectivity index (χ2n) is 6.74. The van der Waals surface area contributed by atoms with E-state index in [4.69, 9.17) is 5.26 Å². The zero-order valence-electron chi connectivity index (χ0n) is 13.6. The van der Waals surface area contributed by atoms with Crippen LogP contribution < -0.4 is 5.32 Å². The average molecular weight is 311 g/mol. The number of nitriles is 1. The maximum atomic E-state index is 12.4. The number of nitrogens with one attached hydrogen (secondary N) is 1. The summed E-state index contributed by atoms with van der Waals surface area (Å²) in [5.74, 6) is 0.373. The van der Waals surface area contributed by atoms with Gasteiger partial charge in [0.05, 0.1) is 17.6 Å². The minimum absolute atomic E-state index is 0.132. The van der Waals surface area contributed by atoms with Crippen molar-refractivity contribution >= 4 is 5.91 Å². The van der Waals surface area contributed by atoms with Crippen LogP contribution in [0.1, 0.15) is 49.7 Å². The summed E-state index contributed by atoms with van der Waals surface area (Å²) in [6.45, 7) is 2.71. The van der Waals surface area contributed by atoms with Crippen LogP contribution in [-0.4, -0.2) is 29.9 Å². The monoisotopic (exact) mass is 311 g/mol. The first kappa shape index (κ1) is 16.0. The van der Waals surface area contributed by atoms with E-state index in [0.717, 1.165) is 51.7 Å². The molecule has 1 saturated carbocycles. The molecule has 2 aliphatic rings. The van der Waals surface area contributed by atoms with Gasteiger partial charge in [0.1, 0.15) is 0 Å². The van der Waals surface area contributed by atoms with Crippen LogP contribution in [0.2, 0.25) is 0 Å². The number of hydrogen-bond donors (Lipinski definition) is 1. The van der Waals surface area contributed by atoms with Crippen LogP contribution >= 0.6 is 0 Å². The molecule has 0 aromatic heterocycles. The number of rotatable bonds is 2. The number of amides is 1. The number of fused-ring (bicyclic) bond motifs is 1. The molecule has 0 bridgehead atoms. The SMILES string of the molecule is N#Cc1cccc(CN2CCCCCNC(=O)[C@@H]3CCC[C@@H]32)c1. The second-order valence-corrected chi connectivity index (χ2v) is 6.74. The zero-order valence-corrected chi connectivity index (χ0v) is 13.6. The van der Waals surface area contributed by atoms with E-state index < -0.39 is 0 Å². The number of hydrogen-bond acceptors (Lipinski definition) is 3. The lowest BCUT2D eigenvalue weighted by molar-refractivity contribution is -0.126. The van der Waals surface area contributed by atoms with Gasteiger partial charge in [0.15, 0.2) is 0 Å². The molecule has 4 heteroatoms. The molecule has 1 heterocycles. The van der Waals surface area contributed by atoms with E-state index in [1.54, 1.807) is 0 Å². The highest BCUT2D eigenvalue weighted by atomic mass is 16.1.